The highest BCUT2D eigenvalue weighted by Crippen LogP contribution is 2.16. The van der Waals surface area contributed by atoms with Crippen LogP contribution in [-0.4, -0.2) is 72.2 Å². The van der Waals surface area contributed by atoms with Gasteiger partial charge >= 0.3 is 0 Å². The van der Waals surface area contributed by atoms with E-state index in [0.29, 0.717) is 25.6 Å². The van der Waals surface area contributed by atoms with E-state index in [2.05, 4.69) is 20.7 Å². The molecule has 1 aromatic carbocycles. The van der Waals surface area contributed by atoms with Crippen LogP contribution < -0.4 is 15.5 Å². The van der Waals surface area contributed by atoms with Crippen LogP contribution in [-0.2, 0) is 11.8 Å². The molecular weight excluding hydrogens is 377 g/mol. The number of nitrogens with zero attached hydrogens (tertiary/aromatic N) is 5. The normalized spacial score (nSPS) is 14.9. The third-order valence-corrected chi connectivity index (χ3v) is 4.55. The van der Waals surface area contributed by atoms with E-state index < -0.39 is 11.7 Å². The summed E-state index contributed by atoms with van der Waals surface area (Å²) in [4.78, 5) is 32.3. The van der Waals surface area contributed by atoms with Crippen LogP contribution >= 0.6 is 0 Å². The first-order valence-electron chi connectivity index (χ1n) is 9.27. The smallest absolute Gasteiger partial charge is 0.254 e. The van der Waals surface area contributed by atoms with E-state index in [1.165, 1.54) is 18.2 Å². The van der Waals surface area contributed by atoms with Crippen LogP contribution in [0.1, 0.15) is 10.4 Å². The van der Waals surface area contributed by atoms with Crippen LogP contribution in [0.2, 0.25) is 0 Å². The average molecular weight is 401 g/mol. The number of hydrogen-bond acceptors (Lipinski definition) is 4. The minimum atomic E-state index is -0.557. The molecule has 10 heteroatoms. The predicted octanol–water partition coefficient (Wildman–Crippen LogP) is 0.213. The molecule has 2 heterocycles. The van der Waals surface area contributed by atoms with Gasteiger partial charge in [-0.15, -0.1) is 0 Å². The second-order valence-electron chi connectivity index (χ2n) is 6.55. The van der Waals surface area contributed by atoms with E-state index in [1.807, 2.05) is 4.90 Å². The maximum absolute atomic E-state index is 13.6. The SMILES string of the molecule is CN=C(NCCNC(=O)c1ccccc1F)N1CCN(c2cnn(C)c2)C(=O)C1. The van der Waals surface area contributed by atoms with Gasteiger partial charge in [0.25, 0.3) is 5.91 Å². The Morgan fingerprint density at radius 3 is 2.66 bits per heavy atom. The topological polar surface area (TPSA) is 94.9 Å². The van der Waals surface area contributed by atoms with Crippen molar-refractivity contribution in [2.75, 3.05) is 44.7 Å². The minimum absolute atomic E-state index is 0.00834. The number of carbonyl (C=O) groups excluding carboxylic acids is 2. The van der Waals surface area contributed by atoms with Gasteiger partial charge in [0.1, 0.15) is 12.4 Å². The van der Waals surface area contributed by atoms with Crippen LogP contribution in [0.25, 0.3) is 0 Å². The Morgan fingerprint density at radius 2 is 2.00 bits per heavy atom. The van der Waals surface area contributed by atoms with Crippen LogP contribution in [0, 0.1) is 5.82 Å². The van der Waals surface area contributed by atoms with Crippen LogP contribution in [0.15, 0.2) is 41.7 Å². The van der Waals surface area contributed by atoms with Crippen molar-refractivity contribution >= 4 is 23.5 Å². The fraction of sp³-hybridized carbons (Fsp3) is 0.368. The molecule has 1 aliphatic heterocycles. The molecule has 1 saturated heterocycles. The van der Waals surface area contributed by atoms with E-state index in [0.717, 1.165) is 5.69 Å². The maximum Gasteiger partial charge on any atom is 0.254 e. The van der Waals surface area contributed by atoms with Gasteiger partial charge in [-0.25, -0.2) is 4.39 Å². The molecule has 0 unspecified atom stereocenters. The third kappa shape index (κ3) is 4.89. The summed E-state index contributed by atoms with van der Waals surface area (Å²) in [5, 5.41) is 9.89. The van der Waals surface area contributed by atoms with Crippen LogP contribution in [0.3, 0.4) is 0 Å². The second-order valence-corrected chi connectivity index (χ2v) is 6.55. The zero-order valence-electron chi connectivity index (χ0n) is 16.4. The number of aryl methyl sites for hydroxylation is 1. The zero-order valence-corrected chi connectivity index (χ0v) is 16.4. The van der Waals surface area contributed by atoms with E-state index in [4.69, 9.17) is 0 Å². The maximum atomic E-state index is 13.6. The summed E-state index contributed by atoms with van der Waals surface area (Å²) in [6.07, 6.45) is 3.47. The first kappa shape index (κ1) is 20.3. The lowest BCUT2D eigenvalue weighted by atomic mass is 10.2. The summed E-state index contributed by atoms with van der Waals surface area (Å²) in [5.74, 6) is -0.497. The number of nitrogens with one attached hydrogen (secondary N) is 2. The van der Waals surface area contributed by atoms with Crippen molar-refractivity contribution in [1.29, 1.82) is 0 Å². The van der Waals surface area contributed by atoms with Crippen LogP contribution in [0.4, 0.5) is 10.1 Å². The van der Waals surface area contributed by atoms with Gasteiger partial charge < -0.3 is 20.4 Å². The van der Waals surface area contributed by atoms with Gasteiger partial charge in [0.15, 0.2) is 5.96 Å². The molecule has 0 saturated carbocycles. The standard InChI is InChI=1S/C19H24FN7O2/c1-21-19(23-8-7-22-18(29)15-5-3-4-6-16(15)20)26-9-10-27(17(28)13-26)14-11-24-25(2)12-14/h3-6,11-12H,7-10,13H2,1-2H3,(H,21,23)(H,22,29). The van der Waals surface area contributed by atoms with Crippen molar-refractivity contribution in [1.82, 2.24) is 25.3 Å². The number of guanidine groups is 1. The molecule has 2 N–H and O–H groups in total. The lowest BCUT2D eigenvalue weighted by molar-refractivity contribution is -0.120. The molecule has 0 atom stereocenters. The van der Waals surface area contributed by atoms with E-state index >= 15 is 0 Å². The van der Waals surface area contributed by atoms with E-state index in [9.17, 15) is 14.0 Å². The lowest BCUT2D eigenvalue weighted by Crippen LogP contribution is -2.55. The number of aromatic nitrogens is 2. The van der Waals surface area contributed by atoms with Gasteiger partial charge in [-0.2, -0.15) is 5.10 Å². The highest BCUT2D eigenvalue weighted by molar-refractivity contribution is 5.98. The molecule has 29 heavy (non-hydrogen) atoms. The van der Waals surface area contributed by atoms with Gasteiger partial charge in [-0.1, -0.05) is 12.1 Å². The molecule has 2 aromatic rings. The number of piperazine rings is 1. The van der Waals surface area contributed by atoms with Crippen molar-refractivity contribution in [3.8, 4) is 0 Å². The molecule has 1 aliphatic rings. The minimum Gasteiger partial charge on any atom is -0.354 e. The quantitative estimate of drug-likeness (QED) is 0.424. The molecule has 0 radical (unpaired) electrons. The monoisotopic (exact) mass is 401 g/mol. The van der Waals surface area contributed by atoms with Crippen molar-refractivity contribution < 1.29 is 14.0 Å². The fourth-order valence-electron chi connectivity index (χ4n) is 3.10. The molecule has 0 aliphatic carbocycles. The molecule has 2 amide bonds. The number of aliphatic imine (C=N–C) groups is 1. The van der Waals surface area contributed by atoms with E-state index in [1.54, 1.807) is 42.1 Å². The van der Waals surface area contributed by atoms with Gasteiger partial charge in [0.2, 0.25) is 5.91 Å². The molecule has 0 spiro atoms. The van der Waals surface area contributed by atoms with Gasteiger partial charge in [0, 0.05) is 46.5 Å². The Hall–Kier alpha value is -3.43. The van der Waals surface area contributed by atoms with Gasteiger partial charge in [-0.05, 0) is 12.1 Å². The summed E-state index contributed by atoms with van der Waals surface area (Å²) in [5.41, 5.74) is 0.782. The summed E-state index contributed by atoms with van der Waals surface area (Å²) in [6.45, 7) is 2.01. The number of amides is 2. The molecule has 0 bridgehead atoms. The fourth-order valence-corrected chi connectivity index (χ4v) is 3.10. The number of carbonyl (C=O) groups is 2. The van der Waals surface area contributed by atoms with Gasteiger partial charge in [0.05, 0.1) is 17.4 Å². The predicted molar refractivity (Wildman–Crippen MR) is 107 cm³/mol. The zero-order chi connectivity index (χ0) is 20.8. The number of hydrogen-bond donors (Lipinski definition) is 2. The molecule has 3 rings (SSSR count). The van der Waals surface area contributed by atoms with Crippen LogP contribution in [0.5, 0.6) is 0 Å². The summed E-state index contributed by atoms with van der Waals surface area (Å²) in [6, 6.07) is 5.83. The van der Waals surface area contributed by atoms with Gasteiger partial charge in [-0.3, -0.25) is 19.3 Å². The summed E-state index contributed by atoms with van der Waals surface area (Å²) >= 11 is 0. The van der Waals surface area contributed by atoms with E-state index in [-0.39, 0.29) is 24.6 Å². The molecule has 9 nitrogen and oxygen atoms in total. The Labute approximate surface area is 168 Å². The second kappa shape index (κ2) is 9.18. The highest BCUT2D eigenvalue weighted by atomic mass is 19.1. The Kier molecular flexibility index (Phi) is 6.43. The number of benzene rings is 1. The lowest BCUT2D eigenvalue weighted by Gasteiger charge is -2.35. The number of rotatable bonds is 5. The first-order chi connectivity index (χ1) is 14.0. The molecular formula is C19H24FN7O2. The molecule has 1 aromatic heterocycles. The average Bonchev–Trinajstić information content (AvgIpc) is 3.14. The van der Waals surface area contributed by atoms with Crippen molar-refractivity contribution in [3.05, 3.63) is 48.0 Å². The summed E-state index contributed by atoms with van der Waals surface area (Å²) in [7, 11) is 3.44. The van der Waals surface area contributed by atoms with Crippen molar-refractivity contribution in [3.63, 3.8) is 0 Å². The Bertz CT molecular complexity index is 911. The number of halogens is 1. The highest BCUT2D eigenvalue weighted by Gasteiger charge is 2.27. The first-order valence-corrected chi connectivity index (χ1v) is 9.27. The molecule has 1 fully saturated rings. The molecule has 154 valence electrons. The number of anilines is 1. The Morgan fingerprint density at radius 1 is 1.24 bits per heavy atom. The van der Waals surface area contributed by atoms with Crippen molar-refractivity contribution in [2.24, 2.45) is 12.0 Å². The summed E-state index contributed by atoms with van der Waals surface area (Å²) < 4.78 is 15.3. The third-order valence-electron chi connectivity index (χ3n) is 4.55. The van der Waals surface area contributed by atoms with Crippen molar-refractivity contribution in [2.45, 2.75) is 0 Å². The Balaban J connectivity index is 1.47. The largest absolute Gasteiger partial charge is 0.354 e.